The normalized spacial score (nSPS) is 9.00. The summed E-state index contributed by atoms with van der Waals surface area (Å²) in [4.78, 5) is 10.7. The van der Waals surface area contributed by atoms with Gasteiger partial charge in [0, 0.05) is 10.2 Å². The molecule has 66 valence electrons. The van der Waals surface area contributed by atoms with Gasteiger partial charge in [-0.2, -0.15) is 5.26 Å². The standard InChI is InChI=1S/C9H7BrN2O/c1-6-4-7(2-3-8(6)10)12-9(13)5-11/h2-4H,1H3,(H,12,13). The lowest BCUT2D eigenvalue weighted by Gasteiger charge is -2.02. The zero-order valence-corrected chi connectivity index (χ0v) is 8.55. The van der Waals surface area contributed by atoms with E-state index >= 15 is 0 Å². The third-order valence-corrected chi connectivity index (χ3v) is 2.41. The Hall–Kier alpha value is -1.34. The van der Waals surface area contributed by atoms with Gasteiger partial charge in [-0.25, -0.2) is 0 Å². The van der Waals surface area contributed by atoms with Gasteiger partial charge < -0.3 is 5.32 Å². The Labute approximate surface area is 84.5 Å². The number of hydrogen-bond donors (Lipinski definition) is 1. The molecule has 0 unspecified atom stereocenters. The lowest BCUT2D eigenvalue weighted by atomic mass is 10.2. The highest BCUT2D eigenvalue weighted by Gasteiger charge is 2.00. The van der Waals surface area contributed by atoms with Crippen molar-refractivity contribution >= 4 is 27.5 Å². The summed E-state index contributed by atoms with van der Waals surface area (Å²) in [5, 5.41) is 10.7. The molecular weight excluding hydrogens is 232 g/mol. The SMILES string of the molecule is Cc1cc(NC(=O)C#N)ccc1Br. The Morgan fingerprint density at radius 1 is 1.62 bits per heavy atom. The molecule has 3 nitrogen and oxygen atoms in total. The Bertz CT molecular complexity index is 382. The van der Waals surface area contributed by atoms with Crippen LogP contribution in [0.3, 0.4) is 0 Å². The molecule has 0 radical (unpaired) electrons. The van der Waals surface area contributed by atoms with Crippen molar-refractivity contribution in [3.63, 3.8) is 0 Å². The van der Waals surface area contributed by atoms with Crippen molar-refractivity contribution in [3.05, 3.63) is 28.2 Å². The van der Waals surface area contributed by atoms with Crippen LogP contribution in [0.4, 0.5) is 5.69 Å². The number of nitrogens with zero attached hydrogens (tertiary/aromatic N) is 1. The van der Waals surface area contributed by atoms with Crippen LogP contribution in [0.15, 0.2) is 22.7 Å². The summed E-state index contributed by atoms with van der Waals surface area (Å²) in [6.45, 7) is 1.91. The molecule has 13 heavy (non-hydrogen) atoms. The zero-order valence-electron chi connectivity index (χ0n) is 6.97. The first-order valence-corrected chi connectivity index (χ1v) is 4.40. The van der Waals surface area contributed by atoms with E-state index in [1.165, 1.54) is 6.07 Å². The summed E-state index contributed by atoms with van der Waals surface area (Å²) in [5.74, 6) is -0.651. The van der Waals surface area contributed by atoms with Crippen LogP contribution in [0.2, 0.25) is 0 Å². The molecule has 0 bridgehead atoms. The topological polar surface area (TPSA) is 52.9 Å². The van der Waals surface area contributed by atoms with Crippen molar-refractivity contribution < 1.29 is 4.79 Å². The number of amides is 1. The molecule has 1 aromatic carbocycles. The average molecular weight is 239 g/mol. The Kier molecular flexibility index (Phi) is 3.04. The van der Waals surface area contributed by atoms with Crippen LogP contribution in [0.5, 0.6) is 0 Å². The largest absolute Gasteiger partial charge is 0.326 e. The maximum absolute atomic E-state index is 10.7. The van der Waals surface area contributed by atoms with Gasteiger partial charge in [0.2, 0.25) is 0 Å². The highest BCUT2D eigenvalue weighted by molar-refractivity contribution is 9.10. The summed E-state index contributed by atoms with van der Waals surface area (Å²) in [5.41, 5.74) is 1.64. The predicted octanol–water partition coefficient (Wildman–Crippen LogP) is 2.22. The first kappa shape index (κ1) is 9.75. The number of nitrogens with one attached hydrogen (secondary N) is 1. The minimum atomic E-state index is -0.651. The van der Waals surface area contributed by atoms with E-state index in [-0.39, 0.29) is 0 Å². The molecule has 1 amide bonds. The fraction of sp³-hybridized carbons (Fsp3) is 0.111. The van der Waals surface area contributed by atoms with Crippen LogP contribution < -0.4 is 5.32 Å². The molecule has 0 aliphatic heterocycles. The molecule has 0 heterocycles. The van der Waals surface area contributed by atoms with Crippen molar-refractivity contribution in [3.8, 4) is 6.07 Å². The van der Waals surface area contributed by atoms with Crippen LogP contribution in [0.25, 0.3) is 0 Å². The lowest BCUT2D eigenvalue weighted by molar-refractivity contribution is -0.111. The Morgan fingerprint density at radius 3 is 2.85 bits per heavy atom. The molecule has 0 saturated carbocycles. The number of anilines is 1. The number of aryl methyl sites for hydroxylation is 1. The first-order valence-electron chi connectivity index (χ1n) is 3.60. The molecule has 1 N–H and O–H groups in total. The summed E-state index contributed by atoms with van der Waals surface area (Å²) < 4.78 is 0.974. The van der Waals surface area contributed by atoms with Gasteiger partial charge in [0.25, 0.3) is 0 Å². The number of hydrogen-bond acceptors (Lipinski definition) is 2. The minimum Gasteiger partial charge on any atom is -0.313 e. The van der Waals surface area contributed by atoms with Crippen molar-refractivity contribution in [2.75, 3.05) is 5.32 Å². The van der Waals surface area contributed by atoms with Gasteiger partial charge >= 0.3 is 5.91 Å². The molecule has 4 heteroatoms. The fourth-order valence-corrected chi connectivity index (χ4v) is 1.13. The second-order valence-electron chi connectivity index (χ2n) is 2.53. The van der Waals surface area contributed by atoms with Gasteiger partial charge in [0.1, 0.15) is 0 Å². The quantitative estimate of drug-likeness (QED) is 0.764. The van der Waals surface area contributed by atoms with Crippen LogP contribution in [-0.2, 0) is 4.79 Å². The molecule has 0 aromatic heterocycles. The Morgan fingerprint density at radius 2 is 2.31 bits per heavy atom. The molecule has 0 saturated heterocycles. The van der Waals surface area contributed by atoms with Crippen molar-refractivity contribution in [1.82, 2.24) is 0 Å². The summed E-state index contributed by atoms with van der Waals surface area (Å²) >= 11 is 3.33. The van der Waals surface area contributed by atoms with Gasteiger partial charge in [-0.05, 0) is 30.7 Å². The molecule has 0 aliphatic rings. The third-order valence-electron chi connectivity index (χ3n) is 1.52. The molecule has 0 aliphatic carbocycles. The van der Waals surface area contributed by atoms with Crippen molar-refractivity contribution in [2.24, 2.45) is 0 Å². The maximum Gasteiger partial charge on any atom is 0.326 e. The molecule has 0 atom stereocenters. The number of carbonyl (C=O) groups is 1. The second-order valence-corrected chi connectivity index (χ2v) is 3.38. The van der Waals surface area contributed by atoms with E-state index in [0.717, 1.165) is 10.0 Å². The zero-order chi connectivity index (χ0) is 9.84. The smallest absolute Gasteiger partial charge is 0.313 e. The van der Waals surface area contributed by atoms with Crippen LogP contribution in [0.1, 0.15) is 5.56 Å². The van der Waals surface area contributed by atoms with E-state index in [9.17, 15) is 4.79 Å². The van der Waals surface area contributed by atoms with E-state index in [0.29, 0.717) is 5.69 Å². The second kappa shape index (κ2) is 4.06. The fourth-order valence-electron chi connectivity index (χ4n) is 0.881. The van der Waals surface area contributed by atoms with E-state index in [1.54, 1.807) is 12.1 Å². The van der Waals surface area contributed by atoms with Gasteiger partial charge in [-0.1, -0.05) is 15.9 Å². The number of benzene rings is 1. The molecule has 1 aromatic rings. The highest BCUT2D eigenvalue weighted by atomic mass is 79.9. The van der Waals surface area contributed by atoms with Gasteiger partial charge in [0.05, 0.1) is 0 Å². The Balaban J connectivity index is 2.87. The molecule has 0 spiro atoms. The van der Waals surface area contributed by atoms with Gasteiger partial charge in [0.15, 0.2) is 6.07 Å². The van der Waals surface area contributed by atoms with Gasteiger partial charge in [-0.3, -0.25) is 4.79 Å². The van der Waals surface area contributed by atoms with Crippen LogP contribution >= 0.6 is 15.9 Å². The maximum atomic E-state index is 10.7. The van der Waals surface area contributed by atoms with E-state index < -0.39 is 5.91 Å². The molecule has 0 fully saturated rings. The molecular formula is C9H7BrN2O. The van der Waals surface area contributed by atoms with E-state index in [2.05, 4.69) is 21.2 Å². The lowest BCUT2D eigenvalue weighted by Crippen LogP contribution is -2.07. The van der Waals surface area contributed by atoms with Crippen LogP contribution in [-0.4, -0.2) is 5.91 Å². The number of nitriles is 1. The summed E-state index contributed by atoms with van der Waals surface area (Å²) in [6.07, 6.45) is 0. The average Bonchev–Trinajstić information content (AvgIpc) is 2.11. The highest BCUT2D eigenvalue weighted by Crippen LogP contribution is 2.19. The first-order chi connectivity index (χ1) is 6.13. The molecule has 1 rings (SSSR count). The minimum absolute atomic E-state index is 0.632. The van der Waals surface area contributed by atoms with Crippen molar-refractivity contribution in [2.45, 2.75) is 6.92 Å². The van der Waals surface area contributed by atoms with E-state index in [4.69, 9.17) is 5.26 Å². The summed E-state index contributed by atoms with van der Waals surface area (Å²) in [6, 6.07) is 6.83. The van der Waals surface area contributed by atoms with Crippen molar-refractivity contribution in [1.29, 1.82) is 5.26 Å². The summed E-state index contributed by atoms with van der Waals surface area (Å²) in [7, 11) is 0. The van der Waals surface area contributed by atoms with E-state index in [1.807, 2.05) is 13.0 Å². The number of halogens is 1. The van der Waals surface area contributed by atoms with Gasteiger partial charge in [-0.15, -0.1) is 0 Å². The van der Waals surface area contributed by atoms with Crippen LogP contribution in [0, 0.1) is 18.3 Å². The predicted molar refractivity (Wildman–Crippen MR) is 53.1 cm³/mol. The number of rotatable bonds is 1. The third kappa shape index (κ3) is 2.56. The number of carbonyl (C=O) groups excluding carboxylic acids is 1. The monoisotopic (exact) mass is 238 g/mol.